The van der Waals surface area contributed by atoms with Gasteiger partial charge < -0.3 is 10.2 Å². The van der Waals surface area contributed by atoms with E-state index in [9.17, 15) is 18.3 Å². The van der Waals surface area contributed by atoms with E-state index < -0.39 is 27.3 Å². The van der Waals surface area contributed by atoms with Crippen LogP contribution in [0.4, 0.5) is 5.69 Å². The molecule has 26 heavy (non-hydrogen) atoms. The lowest BCUT2D eigenvalue weighted by Gasteiger charge is -2.17. The van der Waals surface area contributed by atoms with Gasteiger partial charge in [-0.2, -0.15) is 0 Å². The molecule has 0 bridgehead atoms. The molecule has 0 amide bonds. The van der Waals surface area contributed by atoms with Gasteiger partial charge in [-0.3, -0.25) is 4.72 Å². The summed E-state index contributed by atoms with van der Waals surface area (Å²) in [6, 6.07) is 10.2. The van der Waals surface area contributed by atoms with Crippen LogP contribution in [0, 0.1) is 5.41 Å². The summed E-state index contributed by atoms with van der Waals surface area (Å²) in [5, 5.41) is 18.5. The maximum Gasteiger partial charge on any atom is 0.339 e. The van der Waals surface area contributed by atoms with Crippen LogP contribution in [0.2, 0.25) is 0 Å². The zero-order chi connectivity index (χ0) is 19.5. The van der Waals surface area contributed by atoms with Gasteiger partial charge in [0.25, 0.3) is 10.0 Å². The highest BCUT2D eigenvalue weighted by atomic mass is 32.2. The van der Waals surface area contributed by atoms with E-state index in [-0.39, 0.29) is 10.3 Å². The number of hydrogen-bond donors (Lipinski definition) is 3. The van der Waals surface area contributed by atoms with E-state index in [2.05, 4.69) is 25.5 Å². The van der Waals surface area contributed by atoms with E-state index in [4.69, 9.17) is 5.11 Å². The number of anilines is 1. The highest BCUT2D eigenvalue weighted by Gasteiger charge is 2.19. The molecule has 2 aromatic rings. The summed E-state index contributed by atoms with van der Waals surface area (Å²) in [5.41, 5.74) is 1.25. The maximum absolute atomic E-state index is 12.4. The van der Waals surface area contributed by atoms with Crippen LogP contribution in [0.15, 0.2) is 47.4 Å². The predicted molar refractivity (Wildman–Crippen MR) is 100 cm³/mol. The number of nitrogens with one attached hydrogen (secondary N) is 1. The summed E-state index contributed by atoms with van der Waals surface area (Å²) < 4.78 is 27.3. The molecule has 0 atom stereocenters. The van der Waals surface area contributed by atoms with Crippen LogP contribution < -0.4 is 4.72 Å². The maximum atomic E-state index is 12.4. The molecule has 3 N–H and O–H groups in total. The van der Waals surface area contributed by atoms with Gasteiger partial charge in [-0.1, -0.05) is 32.9 Å². The number of sulfonamides is 1. The summed E-state index contributed by atoms with van der Waals surface area (Å²) >= 11 is 0. The average molecular weight is 377 g/mol. The number of aromatic carboxylic acids is 1. The van der Waals surface area contributed by atoms with Crippen LogP contribution in [-0.4, -0.2) is 24.6 Å². The molecule has 0 aliphatic carbocycles. The number of hydrogen-bond acceptors (Lipinski definition) is 4. The number of rotatable bonds is 6. The Bertz CT molecular complexity index is 897. The Morgan fingerprint density at radius 1 is 1.08 bits per heavy atom. The van der Waals surface area contributed by atoms with Crippen LogP contribution in [0.3, 0.4) is 0 Å². The Morgan fingerprint density at radius 2 is 1.69 bits per heavy atom. The van der Waals surface area contributed by atoms with Crippen LogP contribution in [-0.2, 0) is 16.4 Å². The SMILES string of the molecule is CC(C)(C)CCc1ccc(NS(=O)(=O)c2ccc(O)c(C(=O)O)c2)cc1. The molecule has 0 saturated carbocycles. The molecule has 0 heterocycles. The van der Waals surface area contributed by atoms with Gasteiger partial charge in [-0.25, -0.2) is 13.2 Å². The van der Waals surface area contributed by atoms with Crippen LogP contribution in [0.5, 0.6) is 5.75 Å². The summed E-state index contributed by atoms with van der Waals surface area (Å²) in [6.45, 7) is 6.50. The number of benzene rings is 2. The average Bonchev–Trinajstić information content (AvgIpc) is 2.53. The molecule has 2 rings (SSSR count). The van der Waals surface area contributed by atoms with Crippen molar-refractivity contribution < 1.29 is 23.4 Å². The molecule has 0 saturated heterocycles. The third-order valence-electron chi connectivity index (χ3n) is 3.88. The summed E-state index contributed by atoms with van der Waals surface area (Å²) in [7, 11) is -3.96. The molecule has 0 aromatic heterocycles. The van der Waals surface area contributed by atoms with E-state index in [1.807, 2.05) is 12.1 Å². The van der Waals surface area contributed by atoms with Crippen molar-refractivity contribution in [3.63, 3.8) is 0 Å². The highest BCUT2D eigenvalue weighted by Crippen LogP contribution is 2.25. The molecule has 2 aromatic carbocycles. The number of carboxylic acid groups (broad SMARTS) is 1. The Kier molecular flexibility index (Phi) is 5.61. The van der Waals surface area contributed by atoms with E-state index in [1.54, 1.807) is 12.1 Å². The van der Waals surface area contributed by atoms with Crippen molar-refractivity contribution >= 4 is 21.7 Å². The quantitative estimate of drug-likeness (QED) is 0.709. The van der Waals surface area contributed by atoms with Gasteiger partial charge in [0.1, 0.15) is 11.3 Å². The first-order valence-corrected chi connectivity index (χ1v) is 9.64. The summed E-state index contributed by atoms with van der Waals surface area (Å²) in [4.78, 5) is 10.8. The largest absolute Gasteiger partial charge is 0.507 e. The molecule has 6 nitrogen and oxygen atoms in total. The predicted octanol–water partition coefficient (Wildman–Crippen LogP) is 3.87. The third kappa shape index (κ3) is 5.23. The molecule has 0 aliphatic heterocycles. The standard InChI is InChI=1S/C19H23NO5S/c1-19(2,3)11-10-13-4-6-14(7-5-13)20-26(24,25)15-8-9-17(21)16(12-15)18(22)23/h4-9,12,20-21H,10-11H2,1-3H3,(H,22,23). The number of carbonyl (C=O) groups is 1. The second kappa shape index (κ2) is 7.37. The van der Waals surface area contributed by atoms with Crippen molar-refractivity contribution in [1.82, 2.24) is 0 Å². The third-order valence-corrected chi connectivity index (χ3v) is 5.26. The lowest BCUT2D eigenvalue weighted by Crippen LogP contribution is -2.14. The van der Waals surface area contributed by atoms with Gasteiger partial charge in [0.05, 0.1) is 4.90 Å². The van der Waals surface area contributed by atoms with Gasteiger partial charge in [0.2, 0.25) is 0 Å². The van der Waals surface area contributed by atoms with Gasteiger partial charge in [0.15, 0.2) is 0 Å². The Morgan fingerprint density at radius 3 is 2.23 bits per heavy atom. The monoisotopic (exact) mass is 377 g/mol. The zero-order valence-electron chi connectivity index (χ0n) is 15.0. The minimum atomic E-state index is -3.96. The van der Waals surface area contributed by atoms with E-state index in [1.165, 1.54) is 0 Å². The summed E-state index contributed by atoms with van der Waals surface area (Å²) in [6.07, 6.45) is 1.92. The highest BCUT2D eigenvalue weighted by molar-refractivity contribution is 7.92. The lowest BCUT2D eigenvalue weighted by molar-refractivity contribution is 0.0693. The van der Waals surface area contributed by atoms with Gasteiger partial charge >= 0.3 is 5.97 Å². The molecule has 0 unspecified atom stereocenters. The van der Waals surface area contributed by atoms with Crippen molar-refractivity contribution in [2.24, 2.45) is 5.41 Å². The Hall–Kier alpha value is -2.54. The number of aromatic hydroxyl groups is 1. The molecular weight excluding hydrogens is 354 g/mol. The van der Waals surface area contributed by atoms with Crippen molar-refractivity contribution in [1.29, 1.82) is 0 Å². The Balaban J connectivity index is 2.17. The molecule has 0 spiro atoms. The fraction of sp³-hybridized carbons (Fsp3) is 0.316. The fourth-order valence-electron chi connectivity index (χ4n) is 2.33. The second-order valence-corrected chi connectivity index (χ2v) is 9.03. The van der Waals surface area contributed by atoms with E-state index >= 15 is 0 Å². The lowest BCUT2D eigenvalue weighted by atomic mass is 9.89. The van der Waals surface area contributed by atoms with E-state index in [0.29, 0.717) is 5.69 Å². The smallest absolute Gasteiger partial charge is 0.339 e. The molecule has 0 fully saturated rings. The minimum absolute atomic E-state index is 0.223. The second-order valence-electron chi connectivity index (χ2n) is 7.35. The molecular formula is C19H23NO5S. The molecule has 7 heteroatoms. The molecule has 0 aliphatic rings. The fourth-order valence-corrected chi connectivity index (χ4v) is 3.41. The zero-order valence-corrected chi connectivity index (χ0v) is 15.8. The molecule has 140 valence electrons. The van der Waals surface area contributed by atoms with Gasteiger partial charge in [-0.15, -0.1) is 0 Å². The number of carboxylic acids is 1. The first-order chi connectivity index (χ1) is 12.0. The topological polar surface area (TPSA) is 104 Å². The van der Waals surface area contributed by atoms with Gasteiger partial charge in [-0.05, 0) is 54.2 Å². The van der Waals surface area contributed by atoms with Crippen molar-refractivity contribution in [2.75, 3.05) is 4.72 Å². The van der Waals surface area contributed by atoms with Crippen LogP contribution in [0.25, 0.3) is 0 Å². The molecule has 0 radical (unpaired) electrons. The van der Waals surface area contributed by atoms with E-state index in [0.717, 1.165) is 36.6 Å². The first-order valence-electron chi connectivity index (χ1n) is 8.16. The van der Waals surface area contributed by atoms with Crippen molar-refractivity contribution in [3.8, 4) is 5.75 Å². The van der Waals surface area contributed by atoms with Crippen LogP contribution in [0.1, 0.15) is 43.1 Å². The number of phenols is 1. The summed E-state index contributed by atoms with van der Waals surface area (Å²) in [5.74, 6) is -1.89. The Labute approximate surface area is 153 Å². The van der Waals surface area contributed by atoms with Gasteiger partial charge in [0, 0.05) is 5.69 Å². The normalized spacial score (nSPS) is 12.0. The van der Waals surface area contributed by atoms with Crippen molar-refractivity contribution in [3.05, 3.63) is 53.6 Å². The first kappa shape index (κ1) is 19.8. The van der Waals surface area contributed by atoms with Crippen molar-refractivity contribution in [2.45, 2.75) is 38.5 Å². The number of aryl methyl sites for hydroxylation is 1. The minimum Gasteiger partial charge on any atom is -0.507 e. The van der Waals surface area contributed by atoms with Crippen LogP contribution >= 0.6 is 0 Å².